The molecule has 1 heterocycles. The molecule has 1 N–H and O–H groups in total. The molecular weight excluding hydrogens is 188 g/mol. The summed E-state index contributed by atoms with van der Waals surface area (Å²) in [4.78, 5) is 0. The standard InChI is InChI=1S/C13H16O2/c14-11(7-9-5-6-9)13-8-10-3-1-2-4-12(10)15-13/h1-4,9,11,13-14H,5-8H2. The molecule has 2 atom stereocenters. The minimum Gasteiger partial charge on any atom is -0.487 e. The predicted octanol–water partition coefficient (Wildman–Crippen LogP) is 2.15. The Morgan fingerprint density at radius 2 is 2.13 bits per heavy atom. The second-order valence-electron chi connectivity index (χ2n) is 4.71. The van der Waals surface area contributed by atoms with Crippen LogP contribution in [0, 0.1) is 5.92 Å². The van der Waals surface area contributed by atoms with Crippen LogP contribution in [0.5, 0.6) is 5.75 Å². The van der Waals surface area contributed by atoms with Gasteiger partial charge in [0.25, 0.3) is 0 Å². The van der Waals surface area contributed by atoms with Crippen molar-refractivity contribution in [2.45, 2.75) is 37.9 Å². The third-order valence-electron chi connectivity index (χ3n) is 3.37. The summed E-state index contributed by atoms with van der Waals surface area (Å²) in [6.07, 6.45) is 4.06. The zero-order chi connectivity index (χ0) is 10.3. The first-order valence-electron chi connectivity index (χ1n) is 5.75. The molecule has 2 aliphatic rings. The summed E-state index contributed by atoms with van der Waals surface area (Å²) in [5.74, 6) is 1.71. The number of ether oxygens (including phenoxy) is 1. The Morgan fingerprint density at radius 3 is 2.87 bits per heavy atom. The fourth-order valence-corrected chi connectivity index (χ4v) is 2.27. The molecule has 3 rings (SSSR count). The van der Waals surface area contributed by atoms with Crippen molar-refractivity contribution in [1.29, 1.82) is 0 Å². The van der Waals surface area contributed by atoms with Crippen LogP contribution in [0.3, 0.4) is 0 Å². The third kappa shape index (κ3) is 1.86. The SMILES string of the molecule is OC(CC1CC1)C1Cc2ccccc2O1. The zero-order valence-corrected chi connectivity index (χ0v) is 8.73. The second kappa shape index (κ2) is 3.53. The second-order valence-corrected chi connectivity index (χ2v) is 4.71. The Bertz CT molecular complexity index is 332. The summed E-state index contributed by atoms with van der Waals surface area (Å²) in [6, 6.07) is 8.07. The molecule has 1 fully saturated rings. The van der Waals surface area contributed by atoms with E-state index in [-0.39, 0.29) is 12.2 Å². The highest BCUT2D eigenvalue weighted by molar-refractivity contribution is 5.37. The number of aliphatic hydroxyl groups is 1. The van der Waals surface area contributed by atoms with Gasteiger partial charge in [-0.25, -0.2) is 0 Å². The lowest BCUT2D eigenvalue weighted by Gasteiger charge is -2.17. The minimum absolute atomic E-state index is 0.0111. The van der Waals surface area contributed by atoms with Crippen LogP contribution in [-0.4, -0.2) is 17.3 Å². The molecule has 1 aliphatic carbocycles. The molecular formula is C13H16O2. The molecule has 0 amide bonds. The van der Waals surface area contributed by atoms with Gasteiger partial charge >= 0.3 is 0 Å². The van der Waals surface area contributed by atoms with Gasteiger partial charge in [-0.15, -0.1) is 0 Å². The van der Waals surface area contributed by atoms with E-state index in [4.69, 9.17) is 4.74 Å². The number of rotatable bonds is 3. The number of para-hydroxylation sites is 1. The molecule has 0 radical (unpaired) electrons. The van der Waals surface area contributed by atoms with Gasteiger partial charge in [-0.1, -0.05) is 31.0 Å². The fourth-order valence-electron chi connectivity index (χ4n) is 2.27. The summed E-state index contributed by atoms with van der Waals surface area (Å²) < 4.78 is 5.75. The first kappa shape index (κ1) is 9.22. The van der Waals surface area contributed by atoms with E-state index in [2.05, 4.69) is 6.07 Å². The maximum absolute atomic E-state index is 10.0. The van der Waals surface area contributed by atoms with Gasteiger partial charge in [0.05, 0.1) is 6.10 Å². The maximum Gasteiger partial charge on any atom is 0.129 e. The maximum atomic E-state index is 10.0. The number of fused-ring (bicyclic) bond motifs is 1. The molecule has 0 bridgehead atoms. The number of hydrogen-bond acceptors (Lipinski definition) is 2. The van der Waals surface area contributed by atoms with E-state index in [0.717, 1.165) is 24.5 Å². The Hall–Kier alpha value is -1.02. The van der Waals surface area contributed by atoms with Crippen LogP contribution >= 0.6 is 0 Å². The molecule has 80 valence electrons. The lowest BCUT2D eigenvalue weighted by atomic mass is 10.0. The number of aliphatic hydroxyl groups excluding tert-OH is 1. The average molecular weight is 204 g/mol. The third-order valence-corrected chi connectivity index (χ3v) is 3.37. The van der Waals surface area contributed by atoms with Gasteiger partial charge in [0, 0.05) is 6.42 Å². The lowest BCUT2D eigenvalue weighted by Crippen LogP contribution is -2.30. The van der Waals surface area contributed by atoms with Gasteiger partial charge in [0.1, 0.15) is 11.9 Å². The minimum atomic E-state index is -0.287. The first-order valence-corrected chi connectivity index (χ1v) is 5.75. The molecule has 15 heavy (non-hydrogen) atoms. The topological polar surface area (TPSA) is 29.5 Å². The molecule has 0 saturated heterocycles. The van der Waals surface area contributed by atoms with Crippen LogP contribution in [-0.2, 0) is 6.42 Å². The predicted molar refractivity (Wildman–Crippen MR) is 57.9 cm³/mol. The zero-order valence-electron chi connectivity index (χ0n) is 8.73. The molecule has 0 aromatic heterocycles. The number of benzene rings is 1. The first-order chi connectivity index (χ1) is 7.33. The summed E-state index contributed by atoms with van der Waals surface area (Å²) in [5, 5.41) is 10.0. The Balaban J connectivity index is 1.66. The summed E-state index contributed by atoms with van der Waals surface area (Å²) in [7, 11) is 0. The smallest absolute Gasteiger partial charge is 0.129 e. The van der Waals surface area contributed by atoms with Crippen LogP contribution < -0.4 is 4.74 Å². The van der Waals surface area contributed by atoms with Crippen molar-refractivity contribution in [3.63, 3.8) is 0 Å². The van der Waals surface area contributed by atoms with E-state index < -0.39 is 0 Å². The molecule has 1 aliphatic heterocycles. The fraction of sp³-hybridized carbons (Fsp3) is 0.538. The van der Waals surface area contributed by atoms with Gasteiger partial charge in [-0.3, -0.25) is 0 Å². The van der Waals surface area contributed by atoms with Gasteiger partial charge in [0.2, 0.25) is 0 Å². The summed E-state index contributed by atoms with van der Waals surface area (Å²) in [5.41, 5.74) is 1.23. The van der Waals surface area contributed by atoms with Crippen molar-refractivity contribution in [2.24, 2.45) is 5.92 Å². The molecule has 2 heteroatoms. The van der Waals surface area contributed by atoms with Gasteiger partial charge in [0.15, 0.2) is 0 Å². The van der Waals surface area contributed by atoms with Crippen molar-refractivity contribution < 1.29 is 9.84 Å². The molecule has 1 saturated carbocycles. The van der Waals surface area contributed by atoms with E-state index in [1.54, 1.807) is 0 Å². The van der Waals surface area contributed by atoms with E-state index in [1.807, 2.05) is 18.2 Å². The van der Waals surface area contributed by atoms with Crippen LogP contribution in [0.1, 0.15) is 24.8 Å². The van der Waals surface area contributed by atoms with Gasteiger partial charge in [-0.05, 0) is 24.0 Å². The van der Waals surface area contributed by atoms with Crippen molar-refractivity contribution in [1.82, 2.24) is 0 Å². The molecule has 2 unspecified atom stereocenters. The highest BCUT2D eigenvalue weighted by atomic mass is 16.5. The van der Waals surface area contributed by atoms with Crippen molar-refractivity contribution >= 4 is 0 Å². The summed E-state index contributed by atoms with van der Waals surface area (Å²) >= 11 is 0. The molecule has 0 spiro atoms. The van der Waals surface area contributed by atoms with Gasteiger partial charge in [-0.2, -0.15) is 0 Å². The van der Waals surface area contributed by atoms with Crippen molar-refractivity contribution in [3.8, 4) is 5.75 Å². The number of hydrogen-bond donors (Lipinski definition) is 1. The van der Waals surface area contributed by atoms with Crippen LogP contribution in [0.2, 0.25) is 0 Å². The van der Waals surface area contributed by atoms with E-state index in [1.165, 1.54) is 18.4 Å². The van der Waals surface area contributed by atoms with Crippen LogP contribution in [0.4, 0.5) is 0 Å². The van der Waals surface area contributed by atoms with E-state index >= 15 is 0 Å². The highest BCUT2D eigenvalue weighted by Crippen LogP contribution is 2.37. The monoisotopic (exact) mass is 204 g/mol. The normalized spacial score (nSPS) is 25.8. The van der Waals surface area contributed by atoms with Crippen LogP contribution in [0.15, 0.2) is 24.3 Å². The highest BCUT2D eigenvalue weighted by Gasteiger charge is 2.33. The Labute approximate surface area is 89.9 Å². The molecule has 1 aromatic rings. The lowest BCUT2D eigenvalue weighted by molar-refractivity contribution is 0.0402. The Morgan fingerprint density at radius 1 is 1.33 bits per heavy atom. The average Bonchev–Trinajstić information content (AvgIpc) is 2.95. The van der Waals surface area contributed by atoms with Gasteiger partial charge < -0.3 is 9.84 Å². The van der Waals surface area contributed by atoms with E-state index in [9.17, 15) is 5.11 Å². The summed E-state index contributed by atoms with van der Waals surface area (Å²) in [6.45, 7) is 0. The largest absolute Gasteiger partial charge is 0.487 e. The Kier molecular flexibility index (Phi) is 2.17. The van der Waals surface area contributed by atoms with E-state index in [0.29, 0.717) is 0 Å². The van der Waals surface area contributed by atoms with Crippen molar-refractivity contribution in [3.05, 3.63) is 29.8 Å². The van der Waals surface area contributed by atoms with Crippen molar-refractivity contribution in [2.75, 3.05) is 0 Å². The van der Waals surface area contributed by atoms with Crippen LogP contribution in [0.25, 0.3) is 0 Å². The molecule has 1 aromatic carbocycles. The molecule has 2 nitrogen and oxygen atoms in total. The quantitative estimate of drug-likeness (QED) is 0.817.